The number of para-hydroxylation sites is 1. The van der Waals surface area contributed by atoms with Crippen molar-refractivity contribution in [3.63, 3.8) is 0 Å². The second kappa shape index (κ2) is 6.88. The van der Waals surface area contributed by atoms with E-state index in [4.69, 9.17) is 4.74 Å². The maximum Gasteiger partial charge on any atom is 0.340 e. The molecule has 0 amide bonds. The fraction of sp³-hybridized carbons (Fsp3) is 0.316. The second-order valence-corrected chi connectivity index (χ2v) is 8.09. The minimum atomic E-state index is -3.76. The van der Waals surface area contributed by atoms with E-state index in [2.05, 4.69) is 0 Å². The van der Waals surface area contributed by atoms with E-state index in [1.807, 2.05) is 6.07 Å². The molecule has 132 valence electrons. The zero-order chi connectivity index (χ0) is 18.0. The Balaban J connectivity index is 2.02. The Hall–Kier alpha value is -2.34. The first-order valence-electron chi connectivity index (χ1n) is 8.23. The summed E-state index contributed by atoms with van der Waals surface area (Å²) in [7, 11) is -1.03. The number of rotatable bonds is 4. The van der Waals surface area contributed by atoms with Crippen molar-refractivity contribution in [2.24, 2.45) is 0 Å². The number of fused-ring (bicyclic) bond motifs is 1. The molecule has 0 atom stereocenters. The number of anilines is 1. The van der Waals surface area contributed by atoms with Crippen LogP contribution in [0.15, 0.2) is 47.4 Å². The van der Waals surface area contributed by atoms with E-state index in [9.17, 15) is 13.2 Å². The normalized spacial score (nSPS) is 13.8. The Kier molecular flexibility index (Phi) is 4.81. The highest BCUT2D eigenvalue weighted by atomic mass is 32.2. The van der Waals surface area contributed by atoms with Crippen LogP contribution in [0.25, 0.3) is 0 Å². The molecular weight excluding hydrogens is 338 g/mol. The van der Waals surface area contributed by atoms with Crippen LogP contribution in [0, 0.1) is 0 Å². The molecule has 0 saturated heterocycles. The number of hydrogen-bond donors (Lipinski definition) is 0. The lowest BCUT2D eigenvalue weighted by atomic mass is 9.92. The molecule has 0 bridgehead atoms. The van der Waals surface area contributed by atoms with Gasteiger partial charge in [0, 0.05) is 7.05 Å². The van der Waals surface area contributed by atoms with Gasteiger partial charge in [-0.3, -0.25) is 4.31 Å². The molecule has 0 spiro atoms. The molecule has 0 radical (unpaired) electrons. The average molecular weight is 359 g/mol. The minimum absolute atomic E-state index is 0.217. The maximum absolute atomic E-state index is 13.1. The van der Waals surface area contributed by atoms with E-state index in [1.165, 1.54) is 19.7 Å². The van der Waals surface area contributed by atoms with E-state index in [1.54, 1.807) is 36.4 Å². The first-order valence-corrected chi connectivity index (χ1v) is 9.67. The highest BCUT2D eigenvalue weighted by molar-refractivity contribution is 7.92. The lowest BCUT2D eigenvalue weighted by Gasteiger charge is -2.23. The molecule has 5 nitrogen and oxygen atoms in total. The van der Waals surface area contributed by atoms with Crippen LogP contribution in [0.2, 0.25) is 0 Å². The molecule has 0 fully saturated rings. The van der Waals surface area contributed by atoms with Crippen molar-refractivity contribution in [1.82, 2.24) is 0 Å². The Morgan fingerprint density at radius 2 is 1.72 bits per heavy atom. The average Bonchev–Trinajstić information content (AvgIpc) is 2.66. The van der Waals surface area contributed by atoms with Gasteiger partial charge in [0.1, 0.15) is 0 Å². The number of sulfonamides is 1. The number of esters is 1. The molecule has 0 aromatic heterocycles. The van der Waals surface area contributed by atoms with Crippen molar-refractivity contribution < 1.29 is 17.9 Å². The number of carbonyl (C=O) groups excluding carboxylic acids is 1. The summed E-state index contributed by atoms with van der Waals surface area (Å²) in [6.45, 7) is 0. The van der Waals surface area contributed by atoms with Gasteiger partial charge in [-0.05, 0) is 61.1 Å². The molecule has 0 N–H and O–H groups in total. The first kappa shape index (κ1) is 17.5. The van der Waals surface area contributed by atoms with Crippen molar-refractivity contribution in [2.45, 2.75) is 30.6 Å². The molecule has 2 aromatic rings. The van der Waals surface area contributed by atoms with Crippen LogP contribution in [-0.2, 0) is 27.6 Å². The van der Waals surface area contributed by atoms with Crippen molar-refractivity contribution >= 4 is 21.7 Å². The lowest BCUT2D eigenvalue weighted by Crippen LogP contribution is -2.28. The summed E-state index contributed by atoms with van der Waals surface area (Å²) in [5, 5.41) is 0. The zero-order valence-electron chi connectivity index (χ0n) is 14.4. The van der Waals surface area contributed by atoms with Gasteiger partial charge in [0.2, 0.25) is 0 Å². The number of nitrogens with zero attached hydrogens (tertiary/aromatic N) is 1. The van der Waals surface area contributed by atoms with E-state index >= 15 is 0 Å². The van der Waals surface area contributed by atoms with Gasteiger partial charge in [-0.15, -0.1) is 0 Å². The van der Waals surface area contributed by atoms with Crippen LogP contribution in [0.5, 0.6) is 0 Å². The number of benzene rings is 2. The van der Waals surface area contributed by atoms with E-state index in [0.717, 1.165) is 35.6 Å². The standard InChI is InChI=1S/C19H21NO4S/c1-20(18-10-6-5-9-17(18)19(21)24-2)25(22,23)16-12-11-14-7-3-4-8-15(14)13-16/h5-6,9-13H,3-4,7-8H2,1-2H3. The summed E-state index contributed by atoms with van der Waals surface area (Å²) >= 11 is 0. The predicted octanol–water partition coefficient (Wildman–Crippen LogP) is 3.18. The van der Waals surface area contributed by atoms with Gasteiger partial charge >= 0.3 is 5.97 Å². The molecule has 1 aliphatic carbocycles. The number of ether oxygens (including phenoxy) is 1. The van der Waals surface area contributed by atoms with Crippen LogP contribution >= 0.6 is 0 Å². The topological polar surface area (TPSA) is 63.7 Å². The monoisotopic (exact) mass is 359 g/mol. The third kappa shape index (κ3) is 3.26. The molecule has 0 saturated carbocycles. The van der Waals surface area contributed by atoms with Crippen LogP contribution in [-0.4, -0.2) is 28.5 Å². The summed E-state index contributed by atoms with van der Waals surface area (Å²) in [4.78, 5) is 12.2. The van der Waals surface area contributed by atoms with Gasteiger partial charge in [-0.25, -0.2) is 13.2 Å². The largest absolute Gasteiger partial charge is 0.465 e. The molecule has 6 heteroatoms. The zero-order valence-corrected chi connectivity index (χ0v) is 15.2. The van der Waals surface area contributed by atoms with Crippen molar-refractivity contribution in [3.05, 3.63) is 59.2 Å². The van der Waals surface area contributed by atoms with Gasteiger partial charge in [-0.2, -0.15) is 0 Å². The van der Waals surface area contributed by atoms with E-state index < -0.39 is 16.0 Å². The van der Waals surface area contributed by atoms with Gasteiger partial charge < -0.3 is 4.74 Å². The molecule has 1 aliphatic rings. The number of methoxy groups -OCH3 is 1. The lowest BCUT2D eigenvalue weighted by molar-refractivity contribution is 0.0601. The van der Waals surface area contributed by atoms with Gasteiger partial charge in [0.25, 0.3) is 10.0 Å². The van der Waals surface area contributed by atoms with Crippen LogP contribution < -0.4 is 4.31 Å². The number of carbonyl (C=O) groups is 1. The molecule has 0 heterocycles. The highest BCUT2D eigenvalue weighted by Gasteiger charge is 2.26. The third-order valence-electron chi connectivity index (χ3n) is 4.63. The Labute approximate surface area is 148 Å². The molecular formula is C19H21NO4S. The Morgan fingerprint density at radius 1 is 1.04 bits per heavy atom. The van der Waals surface area contributed by atoms with Crippen molar-refractivity contribution in [3.8, 4) is 0 Å². The van der Waals surface area contributed by atoms with Crippen LogP contribution in [0.4, 0.5) is 5.69 Å². The van der Waals surface area contributed by atoms with E-state index in [-0.39, 0.29) is 10.5 Å². The fourth-order valence-electron chi connectivity index (χ4n) is 3.19. The summed E-state index contributed by atoms with van der Waals surface area (Å²) < 4.78 is 32.0. The number of aryl methyl sites for hydroxylation is 2. The predicted molar refractivity (Wildman–Crippen MR) is 96.5 cm³/mol. The second-order valence-electron chi connectivity index (χ2n) is 6.12. The molecule has 0 unspecified atom stereocenters. The molecule has 2 aromatic carbocycles. The molecule has 3 rings (SSSR count). The Morgan fingerprint density at radius 3 is 2.44 bits per heavy atom. The van der Waals surface area contributed by atoms with Crippen LogP contribution in [0.1, 0.15) is 34.3 Å². The minimum Gasteiger partial charge on any atom is -0.465 e. The van der Waals surface area contributed by atoms with Crippen molar-refractivity contribution in [1.29, 1.82) is 0 Å². The van der Waals surface area contributed by atoms with Gasteiger partial charge in [-0.1, -0.05) is 18.2 Å². The van der Waals surface area contributed by atoms with Gasteiger partial charge in [0.15, 0.2) is 0 Å². The summed E-state index contributed by atoms with van der Waals surface area (Å²) in [5.41, 5.74) is 2.84. The molecule has 25 heavy (non-hydrogen) atoms. The SMILES string of the molecule is COC(=O)c1ccccc1N(C)S(=O)(=O)c1ccc2c(c1)CCCC2. The fourth-order valence-corrected chi connectivity index (χ4v) is 4.45. The summed E-state index contributed by atoms with van der Waals surface area (Å²) in [6, 6.07) is 11.8. The summed E-state index contributed by atoms with van der Waals surface area (Å²) in [6.07, 6.45) is 4.13. The number of hydrogen-bond acceptors (Lipinski definition) is 4. The quantitative estimate of drug-likeness (QED) is 0.787. The maximum atomic E-state index is 13.1. The third-order valence-corrected chi connectivity index (χ3v) is 6.39. The Bertz CT molecular complexity index is 905. The smallest absolute Gasteiger partial charge is 0.340 e. The first-order chi connectivity index (χ1) is 11.9. The summed E-state index contributed by atoms with van der Waals surface area (Å²) in [5.74, 6) is -0.567. The highest BCUT2D eigenvalue weighted by Crippen LogP contribution is 2.29. The van der Waals surface area contributed by atoms with Gasteiger partial charge in [0.05, 0.1) is 23.3 Å². The van der Waals surface area contributed by atoms with Crippen molar-refractivity contribution in [2.75, 3.05) is 18.5 Å². The van der Waals surface area contributed by atoms with Crippen LogP contribution in [0.3, 0.4) is 0 Å². The van der Waals surface area contributed by atoms with E-state index in [0.29, 0.717) is 5.69 Å². The molecule has 0 aliphatic heterocycles.